The van der Waals surface area contributed by atoms with Gasteiger partial charge in [-0.15, -0.1) is 0 Å². The van der Waals surface area contributed by atoms with Gasteiger partial charge in [-0.25, -0.2) is 9.97 Å². The number of hydrogen-bond donors (Lipinski definition) is 0. The molecule has 0 radical (unpaired) electrons. The van der Waals surface area contributed by atoms with E-state index in [4.69, 9.17) is 9.47 Å². The average molecular weight is 340 g/mol. The van der Waals surface area contributed by atoms with Crippen LogP contribution in [0.25, 0.3) is 0 Å². The molecule has 0 saturated carbocycles. The third-order valence-electron chi connectivity index (χ3n) is 4.66. The van der Waals surface area contributed by atoms with Gasteiger partial charge in [0.1, 0.15) is 24.9 Å². The van der Waals surface area contributed by atoms with Gasteiger partial charge in [0.15, 0.2) is 11.5 Å². The van der Waals surface area contributed by atoms with Gasteiger partial charge >= 0.3 is 0 Å². The lowest BCUT2D eigenvalue weighted by molar-refractivity contribution is 0.171. The lowest BCUT2D eigenvalue weighted by Gasteiger charge is -2.35. The summed E-state index contributed by atoms with van der Waals surface area (Å²) in [7, 11) is 0. The number of aromatic nitrogens is 2. The summed E-state index contributed by atoms with van der Waals surface area (Å²) in [5.74, 6) is 3.61. The summed E-state index contributed by atoms with van der Waals surface area (Å²) < 4.78 is 11.3. The highest BCUT2D eigenvalue weighted by atomic mass is 16.6. The van der Waals surface area contributed by atoms with Crippen molar-refractivity contribution in [2.75, 3.05) is 44.3 Å². The van der Waals surface area contributed by atoms with Crippen molar-refractivity contribution < 1.29 is 9.47 Å². The average Bonchev–Trinajstić information content (AvgIpc) is 2.61. The maximum Gasteiger partial charge on any atom is 0.161 e. The van der Waals surface area contributed by atoms with Crippen LogP contribution in [0.5, 0.6) is 11.5 Å². The van der Waals surface area contributed by atoms with Gasteiger partial charge in [0, 0.05) is 44.5 Å². The predicted molar refractivity (Wildman–Crippen MR) is 96.4 cm³/mol. The van der Waals surface area contributed by atoms with Gasteiger partial charge in [-0.05, 0) is 31.5 Å². The Morgan fingerprint density at radius 2 is 1.68 bits per heavy atom. The number of aryl methyl sites for hydroxylation is 2. The van der Waals surface area contributed by atoms with E-state index in [9.17, 15) is 0 Å². The molecule has 0 amide bonds. The van der Waals surface area contributed by atoms with Crippen LogP contribution in [0, 0.1) is 13.8 Å². The molecule has 0 unspecified atom stereocenters. The van der Waals surface area contributed by atoms with Gasteiger partial charge < -0.3 is 14.4 Å². The van der Waals surface area contributed by atoms with Crippen molar-refractivity contribution in [1.29, 1.82) is 0 Å². The minimum Gasteiger partial charge on any atom is -0.486 e. The first-order chi connectivity index (χ1) is 12.2. The molecule has 0 bridgehead atoms. The van der Waals surface area contributed by atoms with Crippen molar-refractivity contribution in [2.24, 2.45) is 0 Å². The molecule has 3 heterocycles. The zero-order chi connectivity index (χ0) is 17.2. The highest BCUT2D eigenvalue weighted by Crippen LogP contribution is 2.31. The fourth-order valence-electron chi connectivity index (χ4n) is 3.44. The van der Waals surface area contributed by atoms with Gasteiger partial charge in [-0.1, -0.05) is 6.07 Å². The van der Waals surface area contributed by atoms with Crippen molar-refractivity contribution in [3.8, 4) is 11.5 Å². The quantitative estimate of drug-likeness (QED) is 0.854. The number of rotatable bonds is 3. The van der Waals surface area contributed by atoms with Gasteiger partial charge in [0.25, 0.3) is 0 Å². The third-order valence-corrected chi connectivity index (χ3v) is 4.66. The Bertz CT molecular complexity index is 737. The number of benzene rings is 1. The molecule has 4 rings (SSSR count). The molecule has 6 heteroatoms. The van der Waals surface area contributed by atoms with Gasteiger partial charge in [0.2, 0.25) is 0 Å². The van der Waals surface area contributed by atoms with Crippen molar-refractivity contribution in [1.82, 2.24) is 14.9 Å². The maximum atomic E-state index is 5.68. The summed E-state index contributed by atoms with van der Waals surface area (Å²) in [4.78, 5) is 13.8. The van der Waals surface area contributed by atoms with Crippen molar-refractivity contribution in [3.63, 3.8) is 0 Å². The van der Waals surface area contributed by atoms with Crippen LogP contribution in [0.3, 0.4) is 0 Å². The van der Waals surface area contributed by atoms with Gasteiger partial charge in [-0.2, -0.15) is 0 Å². The molecular weight excluding hydrogens is 316 g/mol. The normalized spacial score (nSPS) is 17.6. The second-order valence-corrected chi connectivity index (χ2v) is 6.66. The van der Waals surface area contributed by atoms with E-state index >= 15 is 0 Å². The molecule has 0 spiro atoms. The molecule has 2 aromatic rings. The third kappa shape index (κ3) is 3.69. The predicted octanol–water partition coefficient (Wildman–Crippen LogP) is 2.19. The number of hydrogen-bond acceptors (Lipinski definition) is 6. The summed E-state index contributed by atoms with van der Waals surface area (Å²) in [6.45, 7) is 10.2. The van der Waals surface area contributed by atoms with E-state index in [0.29, 0.717) is 13.2 Å². The fraction of sp³-hybridized carbons (Fsp3) is 0.474. The largest absolute Gasteiger partial charge is 0.486 e. The summed E-state index contributed by atoms with van der Waals surface area (Å²) >= 11 is 0. The monoisotopic (exact) mass is 340 g/mol. The van der Waals surface area contributed by atoms with Gasteiger partial charge in [0.05, 0.1) is 0 Å². The standard InChI is InChI=1S/C19H24N4O2/c1-14-11-19(21-15(2)20-14)23-7-5-22(6-8-23)13-16-3-4-17-18(12-16)25-10-9-24-17/h3-4,11-12H,5-10,13H2,1-2H3. The Hall–Kier alpha value is -2.34. The van der Waals surface area contributed by atoms with Crippen LogP contribution in [0.15, 0.2) is 24.3 Å². The molecule has 0 aliphatic carbocycles. The number of nitrogens with zero attached hydrogens (tertiary/aromatic N) is 4. The van der Waals surface area contributed by atoms with Crippen LogP contribution in [0.2, 0.25) is 0 Å². The molecule has 6 nitrogen and oxygen atoms in total. The summed E-state index contributed by atoms with van der Waals surface area (Å²) in [5.41, 5.74) is 2.30. The summed E-state index contributed by atoms with van der Waals surface area (Å²) in [5, 5.41) is 0. The van der Waals surface area contributed by atoms with Crippen LogP contribution in [-0.2, 0) is 6.54 Å². The SMILES string of the molecule is Cc1cc(N2CCN(Cc3ccc4c(c3)OCCO4)CC2)nc(C)n1. The highest BCUT2D eigenvalue weighted by molar-refractivity contribution is 5.44. The molecule has 0 atom stereocenters. The van der Waals surface area contributed by atoms with Crippen molar-refractivity contribution in [3.05, 3.63) is 41.3 Å². The van der Waals surface area contributed by atoms with Crippen LogP contribution < -0.4 is 14.4 Å². The van der Waals surface area contributed by atoms with E-state index in [0.717, 1.165) is 61.6 Å². The first-order valence-electron chi connectivity index (χ1n) is 8.85. The minimum absolute atomic E-state index is 0.632. The first kappa shape index (κ1) is 16.1. The Labute approximate surface area is 148 Å². The molecule has 1 saturated heterocycles. The molecule has 0 N–H and O–H groups in total. The lowest BCUT2D eigenvalue weighted by Crippen LogP contribution is -2.46. The number of fused-ring (bicyclic) bond motifs is 1. The Morgan fingerprint density at radius 1 is 0.920 bits per heavy atom. The topological polar surface area (TPSA) is 50.7 Å². The lowest BCUT2D eigenvalue weighted by atomic mass is 10.1. The van der Waals surface area contributed by atoms with Crippen molar-refractivity contribution in [2.45, 2.75) is 20.4 Å². The van der Waals surface area contributed by atoms with Crippen LogP contribution in [0.4, 0.5) is 5.82 Å². The molecule has 132 valence electrons. The Balaban J connectivity index is 1.37. The Morgan fingerprint density at radius 3 is 2.44 bits per heavy atom. The number of anilines is 1. The molecule has 2 aliphatic heterocycles. The summed E-state index contributed by atoms with van der Waals surface area (Å²) in [6.07, 6.45) is 0. The molecule has 1 aromatic carbocycles. The van der Waals surface area contributed by atoms with Crippen LogP contribution in [0.1, 0.15) is 17.1 Å². The molecule has 25 heavy (non-hydrogen) atoms. The smallest absolute Gasteiger partial charge is 0.161 e. The van der Waals surface area contributed by atoms with E-state index < -0.39 is 0 Å². The van der Waals surface area contributed by atoms with E-state index in [1.807, 2.05) is 19.9 Å². The zero-order valence-electron chi connectivity index (χ0n) is 14.9. The van der Waals surface area contributed by atoms with Crippen LogP contribution >= 0.6 is 0 Å². The molecular formula is C19H24N4O2. The second kappa shape index (κ2) is 6.88. The van der Waals surface area contributed by atoms with Crippen LogP contribution in [-0.4, -0.2) is 54.3 Å². The molecule has 1 aromatic heterocycles. The zero-order valence-corrected chi connectivity index (χ0v) is 14.9. The van der Waals surface area contributed by atoms with E-state index in [2.05, 4.69) is 38.0 Å². The second-order valence-electron chi connectivity index (χ2n) is 6.66. The number of piperazine rings is 1. The van der Waals surface area contributed by atoms with Crippen molar-refractivity contribution >= 4 is 5.82 Å². The highest BCUT2D eigenvalue weighted by Gasteiger charge is 2.20. The first-order valence-corrected chi connectivity index (χ1v) is 8.85. The Kier molecular flexibility index (Phi) is 4.44. The van der Waals surface area contributed by atoms with Gasteiger partial charge in [-0.3, -0.25) is 4.90 Å². The number of ether oxygens (including phenoxy) is 2. The molecule has 1 fully saturated rings. The fourth-order valence-corrected chi connectivity index (χ4v) is 3.44. The minimum atomic E-state index is 0.632. The van der Waals surface area contributed by atoms with E-state index in [1.165, 1.54) is 5.56 Å². The van der Waals surface area contributed by atoms with E-state index in [1.54, 1.807) is 0 Å². The molecule has 2 aliphatic rings. The van der Waals surface area contributed by atoms with E-state index in [-0.39, 0.29) is 0 Å². The maximum absolute atomic E-state index is 5.68. The summed E-state index contributed by atoms with van der Waals surface area (Å²) in [6, 6.07) is 8.34.